The summed E-state index contributed by atoms with van der Waals surface area (Å²) in [6.07, 6.45) is -1.69. The zero-order chi connectivity index (χ0) is 24.3. The van der Waals surface area contributed by atoms with Crippen molar-refractivity contribution in [3.8, 4) is 0 Å². The van der Waals surface area contributed by atoms with Crippen LogP contribution in [0.15, 0.2) is 47.4 Å². The van der Waals surface area contributed by atoms with E-state index >= 15 is 0 Å². The van der Waals surface area contributed by atoms with E-state index in [0.717, 1.165) is 6.07 Å². The van der Waals surface area contributed by atoms with Gasteiger partial charge in [-0.2, -0.15) is 4.31 Å². The maximum absolute atomic E-state index is 13.8. The molecule has 0 aliphatic carbocycles. The SMILES string of the molecule is CC1CN(S(=O)(=O)c2ccc(C(=O)OC(C)C(=O)Nc3ccc(Cl)cc3F)cc2)CC(C)O1. The molecule has 8 nitrogen and oxygen atoms in total. The molecule has 1 fully saturated rings. The number of hydrogen-bond acceptors (Lipinski definition) is 6. The molecule has 1 heterocycles. The van der Waals surface area contributed by atoms with Gasteiger partial charge in [0.15, 0.2) is 6.10 Å². The van der Waals surface area contributed by atoms with Crippen LogP contribution in [0.3, 0.4) is 0 Å². The highest BCUT2D eigenvalue weighted by atomic mass is 35.5. The third kappa shape index (κ3) is 6.08. The highest BCUT2D eigenvalue weighted by Gasteiger charge is 2.32. The summed E-state index contributed by atoms with van der Waals surface area (Å²) in [4.78, 5) is 24.7. The number of hydrogen-bond donors (Lipinski definition) is 1. The van der Waals surface area contributed by atoms with E-state index in [4.69, 9.17) is 21.1 Å². The third-order valence-electron chi connectivity index (χ3n) is 4.96. The van der Waals surface area contributed by atoms with Crippen molar-refractivity contribution in [1.29, 1.82) is 0 Å². The topological polar surface area (TPSA) is 102 Å². The number of rotatable bonds is 6. The zero-order valence-electron chi connectivity index (χ0n) is 18.2. The van der Waals surface area contributed by atoms with Crippen LogP contribution < -0.4 is 5.32 Å². The molecular formula is C22H24ClFN2O6S. The standard InChI is InChI=1S/C22H24ClFN2O6S/c1-13-11-26(12-14(2)31-13)33(29,30)18-7-4-16(5-8-18)22(28)32-15(3)21(27)25-20-9-6-17(23)10-19(20)24/h4-10,13-15H,11-12H2,1-3H3,(H,25,27). The summed E-state index contributed by atoms with van der Waals surface area (Å²) in [7, 11) is -3.76. The van der Waals surface area contributed by atoms with E-state index in [1.54, 1.807) is 13.8 Å². The first-order valence-electron chi connectivity index (χ1n) is 10.2. The Kier molecular flexibility index (Phi) is 7.73. The first-order chi connectivity index (χ1) is 15.5. The molecule has 11 heteroatoms. The number of nitrogens with one attached hydrogen (secondary N) is 1. The van der Waals surface area contributed by atoms with Crippen molar-refractivity contribution >= 4 is 39.2 Å². The number of anilines is 1. The van der Waals surface area contributed by atoms with Crippen LogP contribution >= 0.6 is 11.6 Å². The molecule has 3 unspecified atom stereocenters. The second kappa shape index (κ2) is 10.2. The number of esters is 1. The van der Waals surface area contributed by atoms with E-state index in [0.29, 0.717) is 0 Å². The van der Waals surface area contributed by atoms with Gasteiger partial charge < -0.3 is 14.8 Å². The smallest absolute Gasteiger partial charge is 0.338 e. The molecule has 1 N–H and O–H groups in total. The van der Waals surface area contributed by atoms with Gasteiger partial charge in [-0.1, -0.05) is 11.6 Å². The molecule has 3 atom stereocenters. The Hall–Kier alpha value is -2.53. The maximum atomic E-state index is 13.8. The summed E-state index contributed by atoms with van der Waals surface area (Å²) in [6.45, 7) is 5.40. The Morgan fingerprint density at radius 2 is 1.76 bits per heavy atom. The first kappa shape index (κ1) is 25.1. The van der Waals surface area contributed by atoms with Crippen LogP contribution in [0.2, 0.25) is 5.02 Å². The van der Waals surface area contributed by atoms with Crippen LogP contribution in [0, 0.1) is 5.82 Å². The van der Waals surface area contributed by atoms with Gasteiger partial charge in [0.1, 0.15) is 5.82 Å². The van der Waals surface area contributed by atoms with Crippen LogP contribution in [0.4, 0.5) is 10.1 Å². The fraction of sp³-hybridized carbons (Fsp3) is 0.364. The lowest BCUT2D eigenvalue weighted by Gasteiger charge is -2.34. The van der Waals surface area contributed by atoms with Gasteiger partial charge in [0.25, 0.3) is 5.91 Å². The molecule has 2 aromatic carbocycles. The van der Waals surface area contributed by atoms with Gasteiger partial charge >= 0.3 is 5.97 Å². The largest absolute Gasteiger partial charge is 0.449 e. The molecule has 178 valence electrons. The fourth-order valence-electron chi connectivity index (χ4n) is 3.35. The van der Waals surface area contributed by atoms with Gasteiger partial charge in [-0.15, -0.1) is 0 Å². The molecule has 0 radical (unpaired) electrons. The van der Waals surface area contributed by atoms with Crippen molar-refractivity contribution in [1.82, 2.24) is 4.31 Å². The Morgan fingerprint density at radius 1 is 1.15 bits per heavy atom. The van der Waals surface area contributed by atoms with E-state index in [1.165, 1.54) is 47.6 Å². The lowest BCUT2D eigenvalue weighted by atomic mass is 10.2. The van der Waals surface area contributed by atoms with Gasteiger partial charge in [0, 0.05) is 18.1 Å². The Bertz CT molecular complexity index is 1130. The van der Waals surface area contributed by atoms with E-state index in [-0.39, 0.29) is 46.5 Å². The quantitative estimate of drug-likeness (QED) is 0.612. The first-order valence-corrected chi connectivity index (χ1v) is 12.0. The summed E-state index contributed by atoms with van der Waals surface area (Å²) >= 11 is 5.68. The predicted octanol–water partition coefficient (Wildman–Crippen LogP) is 3.46. The molecule has 2 aromatic rings. The van der Waals surface area contributed by atoms with Crippen LogP contribution in [0.5, 0.6) is 0 Å². The second-order valence-corrected chi connectivity index (χ2v) is 10.1. The maximum Gasteiger partial charge on any atom is 0.338 e. The molecule has 1 aliphatic heterocycles. The minimum Gasteiger partial charge on any atom is -0.449 e. The average molecular weight is 499 g/mol. The normalized spacial score (nSPS) is 20.2. The molecule has 1 saturated heterocycles. The Labute approximate surface area is 196 Å². The van der Waals surface area contributed by atoms with Gasteiger partial charge in [0.2, 0.25) is 10.0 Å². The third-order valence-corrected chi connectivity index (χ3v) is 7.04. The van der Waals surface area contributed by atoms with E-state index in [9.17, 15) is 22.4 Å². The van der Waals surface area contributed by atoms with Crippen molar-refractivity contribution in [3.05, 3.63) is 58.9 Å². The van der Waals surface area contributed by atoms with Crippen LogP contribution in [-0.2, 0) is 24.3 Å². The van der Waals surface area contributed by atoms with Crippen molar-refractivity contribution in [3.63, 3.8) is 0 Å². The number of amides is 1. The highest BCUT2D eigenvalue weighted by Crippen LogP contribution is 2.22. The van der Waals surface area contributed by atoms with Gasteiger partial charge in [-0.05, 0) is 63.2 Å². The Balaban J connectivity index is 1.64. The summed E-state index contributed by atoms with van der Waals surface area (Å²) in [5, 5.41) is 2.50. The van der Waals surface area contributed by atoms with Crippen molar-refractivity contribution in [2.24, 2.45) is 0 Å². The van der Waals surface area contributed by atoms with E-state index in [2.05, 4.69) is 5.32 Å². The molecule has 3 rings (SSSR count). The number of ether oxygens (including phenoxy) is 2. The molecule has 1 aliphatic rings. The molecule has 0 spiro atoms. The summed E-state index contributed by atoms with van der Waals surface area (Å²) < 4.78 is 51.7. The number of benzene rings is 2. The average Bonchev–Trinajstić information content (AvgIpc) is 2.75. The monoisotopic (exact) mass is 498 g/mol. The minimum absolute atomic E-state index is 0.0318. The van der Waals surface area contributed by atoms with Crippen LogP contribution in [0.1, 0.15) is 31.1 Å². The molecule has 0 saturated carbocycles. The number of sulfonamides is 1. The minimum atomic E-state index is -3.76. The van der Waals surface area contributed by atoms with Gasteiger partial charge in [0.05, 0.1) is 28.4 Å². The molecular weight excluding hydrogens is 475 g/mol. The molecule has 1 amide bonds. The highest BCUT2D eigenvalue weighted by molar-refractivity contribution is 7.89. The molecule has 0 aromatic heterocycles. The molecule has 33 heavy (non-hydrogen) atoms. The predicted molar refractivity (Wildman–Crippen MR) is 120 cm³/mol. The van der Waals surface area contributed by atoms with Crippen molar-refractivity contribution < 1.29 is 31.9 Å². The van der Waals surface area contributed by atoms with Crippen LogP contribution in [-0.4, -0.2) is 56.0 Å². The summed E-state index contributed by atoms with van der Waals surface area (Å²) in [6, 6.07) is 8.98. The Morgan fingerprint density at radius 3 is 2.33 bits per heavy atom. The summed E-state index contributed by atoms with van der Waals surface area (Å²) in [5.41, 5.74) is -0.0383. The zero-order valence-corrected chi connectivity index (χ0v) is 19.8. The number of halogens is 2. The summed E-state index contributed by atoms with van der Waals surface area (Å²) in [5.74, 6) is -2.29. The lowest BCUT2D eigenvalue weighted by molar-refractivity contribution is -0.123. The van der Waals surface area contributed by atoms with Gasteiger partial charge in [-0.3, -0.25) is 4.79 Å². The lowest BCUT2D eigenvalue weighted by Crippen LogP contribution is -2.48. The number of morpholine rings is 1. The van der Waals surface area contributed by atoms with Crippen molar-refractivity contribution in [2.45, 2.75) is 44.0 Å². The number of nitrogens with zero attached hydrogens (tertiary/aromatic N) is 1. The van der Waals surface area contributed by atoms with Gasteiger partial charge in [-0.25, -0.2) is 17.6 Å². The number of carbonyl (C=O) groups excluding carboxylic acids is 2. The van der Waals surface area contributed by atoms with Crippen molar-refractivity contribution in [2.75, 3.05) is 18.4 Å². The number of carbonyl (C=O) groups is 2. The van der Waals surface area contributed by atoms with Crippen LogP contribution in [0.25, 0.3) is 0 Å². The van der Waals surface area contributed by atoms with E-state index in [1.807, 2.05) is 0 Å². The van der Waals surface area contributed by atoms with E-state index < -0.39 is 33.8 Å². The molecule has 0 bridgehead atoms. The second-order valence-electron chi connectivity index (χ2n) is 7.76. The fourth-order valence-corrected chi connectivity index (χ4v) is 5.10.